The second-order valence-electron chi connectivity index (χ2n) is 17.9. The molecule has 0 aromatic heterocycles. The maximum atomic E-state index is 13.9. The molecule has 14 heteroatoms. The Kier molecular flexibility index (Phi) is 11.6. The van der Waals surface area contributed by atoms with Gasteiger partial charge in [0.25, 0.3) is 0 Å². The van der Waals surface area contributed by atoms with E-state index < -0.39 is 78.9 Å². The van der Waals surface area contributed by atoms with E-state index in [1.807, 2.05) is 20.8 Å². The van der Waals surface area contributed by atoms with Crippen LogP contribution < -0.4 is 0 Å². The average Bonchev–Trinajstić information content (AvgIpc) is 3.29. The molecule has 0 aromatic carbocycles. The SMILES string of the molecule is CC(C)CC(=O)C[C@@H](C)C1=C(O)C(=O)[C@@H]2C3CC[C@H]4C[C@@H](O[C@@H]5O[C@H](C(=O)O)[C@@H](O[C@H]6O[C@@H](C)[C@H](O)[C@@H](O)[C@H]6O)[C@H](O)[C@H]5O)CC[C@]4(C)[C@H]3CC[C@]12C. The highest BCUT2D eigenvalue weighted by Gasteiger charge is 2.64. The van der Waals surface area contributed by atoms with Crippen molar-refractivity contribution in [3.05, 3.63) is 11.3 Å². The van der Waals surface area contributed by atoms with Gasteiger partial charge in [-0.1, -0.05) is 34.6 Å². The standard InChI is InChI=1S/C39H60O14/c1-16(2)13-20(40)14-17(3)24-27(42)28(43)25-22-8-7-19-15-21(9-11-38(19,5)23(22)10-12-39(24,25)6)51-37-32(47)30(45)33(34(53-37)35(48)49)52-36-31(46)29(44)26(41)18(4)50-36/h16-19,21-23,25-26,29-34,36-37,41-42,44-47H,7-15H2,1-6H3,(H,48,49)/t17-,18+,19+,21+,22?,23+,25+,26+,29-,30-,31-,32-,33+,34+,36-,37-,38+,39-/m1/s1. The lowest BCUT2D eigenvalue weighted by Gasteiger charge is -2.60. The maximum absolute atomic E-state index is 13.9. The number of aliphatic carboxylic acids is 1. The van der Waals surface area contributed by atoms with Gasteiger partial charge in [0.05, 0.1) is 12.2 Å². The van der Waals surface area contributed by atoms with Crippen molar-refractivity contribution in [3.8, 4) is 0 Å². The van der Waals surface area contributed by atoms with E-state index >= 15 is 0 Å². The van der Waals surface area contributed by atoms with Crippen LogP contribution in [0.1, 0.15) is 99.3 Å². The van der Waals surface area contributed by atoms with Gasteiger partial charge in [-0.25, -0.2) is 4.79 Å². The first-order chi connectivity index (χ1) is 24.8. The molecule has 18 atom stereocenters. The summed E-state index contributed by atoms with van der Waals surface area (Å²) in [7, 11) is 0. The summed E-state index contributed by atoms with van der Waals surface area (Å²) in [5.74, 6) is -1.46. The summed E-state index contributed by atoms with van der Waals surface area (Å²) in [5.41, 5.74) is 0.133. The lowest BCUT2D eigenvalue weighted by molar-refractivity contribution is -0.356. The molecule has 6 rings (SSSR count). The molecule has 7 N–H and O–H groups in total. The van der Waals surface area contributed by atoms with Crippen LogP contribution in [-0.4, -0.2) is 121 Å². The van der Waals surface area contributed by atoms with E-state index in [4.69, 9.17) is 18.9 Å². The van der Waals surface area contributed by atoms with E-state index in [0.29, 0.717) is 25.7 Å². The minimum atomic E-state index is -1.82. The van der Waals surface area contributed by atoms with E-state index in [-0.39, 0.29) is 58.2 Å². The molecule has 4 aliphatic carbocycles. The van der Waals surface area contributed by atoms with Crippen LogP contribution in [0.2, 0.25) is 0 Å². The Labute approximate surface area is 310 Å². The van der Waals surface area contributed by atoms with Gasteiger partial charge in [-0.2, -0.15) is 0 Å². The molecule has 3 saturated carbocycles. The van der Waals surface area contributed by atoms with Gasteiger partial charge in [-0.3, -0.25) is 9.59 Å². The van der Waals surface area contributed by atoms with Crippen molar-refractivity contribution in [2.75, 3.05) is 0 Å². The minimum Gasteiger partial charge on any atom is -0.504 e. The van der Waals surface area contributed by atoms with E-state index in [0.717, 1.165) is 37.7 Å². The Morgan fingerprint density at radius 2 is 1.51 bits per heavy atom. The second-order valence-corrected chi connectivity index (χ2v) is 17.9. The number of carbonyl (C=O) groups excluding carboxylic acids is 2. The van der Waals surface area contributed by atoms with E-state index in [9.17, 15) is 50.1 Å². The highest BCUT2D eigenvalue weighted by atomic mass is 16.7. The number of Topliss-reactive ketones (excluding diaryl/α,β-unsaturated/α-hetero) is 2. The van der Waals surface area contributed by atoms with Crippen LogP contribution in [-0.2, 0) is 33.3 Å². The van der Waals surface area contributed by atoms with E-state index in [1.165, 1.54) is 6.92 Å². The zero-order chi connectivity index (χ0) is 38.9. The van der Waals surface area contributed by atoms with Crippen molar-refractivity contribution in [3.63, 3.8) is 0 Å². The Balaban J connectivity index is 1.10. The minimum absolute atomic E-state index is 0.0871. The molecule has 2 heterocycles. The topological polar surface area (TPSA) is 230 Å². The molecule has 14 nitrogen and oxygen atoms in total. The quantitative estimate of drug-likeness (QED) is 0.159. The molecule has 0 radical (unpaired) electrons. The van der Waals surface area contributed by atoms with Crippen LogP contribution in [0.25, 0.3) is 0 Å². The van der Waals surface area contributed by atoms with Gasteiger partial charge < -0.3 is 54.7 Å². The number of carboxylic acid groups (broad SMARTS) is 1. The van der Waals surface area contributed by atoms with Crippen LogP contribution >= 0.6 is 0 Å². The molecular weight excluding hydrogens is 692 g/mol. The van der Waals surface area contributed by atoms with Crippen molar-refractivity contribution < 1.29 is 69.1 Å². The maximum Gasteiger partial charge on any atom is 0.335 e. The van der Waals surface area contributed by atoms with Crippen molar-refractivity contribution in [2.45, 2.75) is 167 Å². The third-order valence-corrected chi connectivity index (χ3v) is 14.0. The van der Waals surface area contributed by atoms with Crippen LogP contribution in [0, 0.1) is 46.3 Å². The van der Waals surface area contributed by atoms with Gasteiger partial charge in [0.15, 0.2) is 24.4 Å². The normalized spacial score (nSPS) is 47.8. The number of fused-ring (bicyclic) bond motifs is 5. The number of hydrogen-bond donors (Lipinski definition) is 7. The van der Waals surface area contributed by atoms with Crippen LogP contribution in [0.4, 0.5) is 0 Å². The second kappa shape index (κ2) is 15.2. The smallest absolute Gasteiger partial charge is 0.335 e. The molecule has 53 heavy (non-hydrogen) atoms. The van der Waals surface area contributed by atoms with Gasteiger partial charge in [0.2, 0.25) is 5.78 Å². The number of rotatable bonds is 10. The monoisotopic (exact) mass is 752 g/mol. The summed E-state index contributed by atoms with van der Waals surface area (Å²) in [6.07, 6.45) is -10.4. The summed E-state index contributed by atoms with van der Waals surface area (Å²) in [5, 5.41) is 74.0. The summed E-state index contributed by atoms with van der Waals surface area (Å²) >= 11 is 0. The largest absolute Gasteiger partial charge is 0.504 e. The molecule has 5 fully saturated rings. The van der Waals surface area contributed by atoms with Crippen molar-refractivity contribution >= 4 is 17.5 Å². The fourth-order valence-electron chi connectivity index (χ4n) is 11.4. The zero-order valence-corrected chi connectivity index (χ0v) is 31.7. The molecule has 300 valence electrons. The number of hydrogen-bond acceptors (Lipinski definition) is 13. The molecule has 6 aliphatic rings. The fourth-order valence-corrected chi connectivity index (χ4v) is 11.4. The van der Waals surface area contributed by atoms with E-state index in [2.05, 4.69) is 13.8 Å². The van der Waals surface area contributed by atoms with Crippen LogP contribution in [0.15, 0.2) is 11.3 Å². The third kappa shape index (κ3) is 7.14. The number of carboxylic acids is 1. The van der Waals surface area contributed by atoms with Gasteiger partial charge in [0, 0.05) is 24.2 Å². The first-order valence-electron chi connectivity index (χ1n) is 19.5. The number of ketones is 2. The first-order valence-corrected chi connectivity index (χ1v) is 19.5. The van der Waals surface area contributed by atoms with Gasteiger partial charge in [0.1, 0.15) is 42.4 Å². The van der Waals surface area contributed by atoms with Crippen LogP contribution in [0.5, 0.6) is 0 Å². The molecule has 1 unspecified atom stereocenters. The Morgan fingerprint density at radius 3 is 2.17 bits per heavy atom. The number of aliphatic hydroxyl groups is 6. The van der Waals surface area contributed by atoms with Crippen molar-refractivity contribution in [1.29, 1.82) is 0 Å². The highest BCUT2D eigenvalue weighted by Crippen LogP contribution is 2.67. The van der Waals surface area contributed by atoms with Gasteiger partial charge >= 0.3 is 5.97 Å². The average molecular weight is 753 g/mol. The van der Waals surface area contributed by atoms with Crippen molar-refractivity contribution in [1.82, 2.24) is 0 Å². The molecule has 0 spiro atoms. The molecular formula is C39H60O14. The Hall–Kier alpha value is -2.01. The predicted octanol–water partition coefficient (Wildman–Crippen LogP) is 2.40. The number of carbonyl (C=O) groups is 3. The molecule has 0 amide bonds. The third-order valence-electron chi connectivity index (χ3n) is 14.0. The first kappa shape index (κ1) is 40.6. The van der Waals surface area contributed by atoms with Crippen molar-refractivity contribution in [2.24, 2.45) is 46.3 Å². The summed E-state index contributed by atoms with van der Waals surface area (Å²) in [6.45, 7) is 11.8. The van der Waals surface area contributed by atoms with Crippen LogP contribution in [0.3, 0.4) is 0 Å². The summed E-state index contributed by atoms with van der Waals surface area (Å²) in [6, 6.07) is 0. The highest BCUT2D eigenvalue weighted by molar-refractivity contribution is 6.00. The molecule has 0 aromatic rings. The zero-order valence-electron chi connectivity index (χ0n) is 31.7. The Bertz CT molecular complexity index is 1430. The molecule has 0 bridgehead atoms. The summed E-state index contributed by atoms with van der Waals surface area (Å²) in [4.78, 5) is 39.0. The summed E-state index contributed by atoms with van der Waals surface area (Å²) < 4.78 is 22.9. The number of ether oxygens (including phenoxy) is 4. The Morgan fingerprint density at radius 1 is 0.849 bits per heavy atom. The molecule has 2 saturated heterocycles. The van der Waals surface area contributed by atoms with E-state index in [1.54, 1.807) is 0 Å². The number of allylic oxidation sites excluding steroid dienone is 2. The lowest BCUT2D eigenvalue weighted by atomic mass is 9.44. The van der Waals surface area contributed by atoms with Gasteiger partial charge in [-0.15, -0.1) is 0 Å². The molecule has 2 aliphatic heterocycles. The predicted molar refractivity (Wildman–Crippen MR) is 186 cm³/mol. The number of aliphatic hydroxyl groups excluding tert-OH is 6. The lowest BCUT2D eigenvalue weighted by Crippen LogP contribution is -2.65. The van der Waals surface area contributed by atoms with Gasteiger partial charge in [-0.05, 0) is 92.4 Å². The fraction of sp³-hybridized carbons (Fsp3) is 0.872.